The highest BCUT2D eigenvalue weighted by atomic mass is 16.5. The van der Waals surface area contributed by atoms with Crippen molar-refractivity contribution in [3.63, 3.8) is 0 Å². The molecule has 5 heteroatoms. The minimum Gasteiger partial charge on any atom is -0.494 e. The number of benzene rings is 1. The molecular weight excluding hydrogens is 268 g/mol. The van der Waals surface area contributed by atoms with Crippen molar-refractivity contribution in [2.24, 2.45) is 5.73 Å². The van der Waals surface area contributed by atoms with Crippen molar-refractivity contribution >= 4 is 5.97 Å². The minimum atomic E-state index is -0.193. The maximum Gasteiger partial charge on any atom is 0.319 e. The Balaban J connectivity index is 2.27. The van der Waals surface area contributed by atoms with Gasteiger partial charge in [-0.1, -0.05) is 19.1 Å². The van der Waals surface area contributed by atoms with E-state index in [4.69, 9.17) is 15.2 Å². The average molecular weight is 294 g/mol. The quantitative estimate of drug-likeness (QED) is 0.526. The van der Waals surface area contributed by atoms with E-state index < -0.39 is 0 Å². The first kappa shape index (κ1) is 17.5. The summed E-state index contributed by atoms with van der Waals surface area (Å²) in [5.74, 6) is 0.656. The highest BCUT2D eigenvalue weighted by Crippen LogP contribution is 2.12. The molecule has 0 saturated carbocycles. The first-order valence-corrected chi connectivity index (χ1v) is 7.40. The molecule has 21 heavy (non-hydrogen) atoms. The summed E-state index contributed by atoms with van der Waals surface area (Å²) in [6, 6.07) is 7.80. The summed E-state index contributed by atoms with van der Waals surface area (Å²) in [6.07, 6.45) is 1.88. The number of nitrogens with zero attached hydrogens (tertiary/aromatic N) is 1. The number of carbonyl (C=O) groups excluding carboxylic acids is 1. The van der Waals surface area contributed by atoms with E-state index in [0.717, 1.165) is 37.2 Å². The summed E-state index contributed by atoms with van der Waals surface area (Å²) in [4.78, 5) is 13.4. The van der Waals surface area contributed by atoms with Gasteiger partial charge in [-0.15, -0.1) is 0 Å². The molecule has 1 aromatic carbocycles. The highest BCUT2D eigenvalue weighted by molar-refractivity contribution is 5.71. The lowest BCUT2D eigenvalue weighted by Crippen LogP contribution is -2.32. The van der Waals surface area contributed by atoms with E-state index in [9.17, 15) is 4.79 Å². The monoisotopic (exact) mass is 294 g/mol. The zero-order valence-electron chi connectivity index (χ0n) is 13.0. The van der Waals surface area contributed by atoms with Crippen LogP contribution in [0, 0.1) is 0 Å². The molecular formula is C16H26N2O3. The third-order valence-electron chi connectivity index (χ3n) is 3.17. The summed E-state index contributed by atoms with van der Waals surface area (Å²) in [5, 5.41) is 0. The molecule has 0 spiro atoms. The third-order valence-corrected chi connectivity index (χ3v) is 3.17. The number of esters is 1. The number of methoxy groups -OCH3 is 1. The molecule has 118 valence electrons. The molecule has 0 unspecified atom stereocenters. The van der Waals surface area contributed by atoms with Crippen molar-refractivity contribution in [2.45, 2.75) is 26.3 Å². The lowest BCUT2D eigenvalue weighted by atomic mass is 10.2. The molecule has 0 radical (unpaired) electrons. The Labute approximate surface area is 127 Å². The van der Waals surface area contributed by atoms with Crippen molar-refractivity contribution in [1.82, 2.24) is 4.90 Å². The second-order valence-corrected chi connectivity index (χ2v) is 4.90. The van der Waals surface area contributed by atoms with E-state index in [0.29, 0.717) is 19.7 Å². The summed E-state index contributed by atoms with van der Waals surface area (Å²) >= 11 is 0. The van der Waals surface area contributed by atoms with Gasteiger partial charge in [-0.25, -0.2) is 0 Å². The van der Waals surface area contributed by atoms with Crippen LogP contribution in [0.15, 0.2) is 24.3 Å². The molecule has 1 rings (SSSR count). The van der Waals surface area contributed by atoms with Gasteiger partial charge in [0.2, 0.25) is 0 Å². The SMILES string of the molecule is CCCN(CCCOc1ccc(CN)cc1)CC(=O)OC. The van der Waals surface area contributed by atoms with Crippen LogP contribution in [-0.2, 0) is 16.1 Å². The molecule has 1 aromatic rings. The van der Waals surface area contributed by atoms with Gasteiger partial charge in [0.15, 0.2) is 0 Å². The molecule has 0 aliphatic carbocycles. The normalized spacial score (nSPS) is 10.7. The Kier molecular flexibility index (Phi) is 8.47. The lowest BCUT2D eigenvalue weighted by Gasteiger charge is -2.20. The summed E-state index contributed by atoms with van der Waals surface area (Å²) in [7, 11) is 1.42. The van der Waals surface area contributed by atoms with E-state index >= 15 is 0 Å². The second-order valence-electron chi connectivity index (χ2n) is 4.90. The van der Waals surface area contributed by atoms with Crippen molar-refractivity contribution in [1.29, 1.82) is 0 Å². The van der Waals surface area contributed by atoms with Gasteiger partial charge in [-0.3, -0.25) is 9.69 Å². The van der Waals surface area contributed by atoms with Crippen molar-refractivity contribution in [2.75, 3.05) is 33.4 Å². The second kappa shape index (κ2) is 10.2. The fourth-order valence-corrected chi connectivity index (χ4v) is 2.03. The van der Waals surface area contributed by atoms with E-state index in [-0.39, 0.29) is 5.97 Å². The molecule has 0 aliphatic heterocycles. The summed E-state index contributed by atoms with van der Waals surface area (Å²) in [6.45, 7) is 5.32. The number of ether oxygens (including phenoxy) is 2. The fraction of sp³-hybridized carbons (Fsp3) is 0.562. The number of nitrogens with two attached hydrogens (primary N) is 1. The molecule has 0 aromatic heterocycles. The zero-order valence-corrected chi connectivity index (χ0v) is 13.0. The maximum atomic E-state index is 11.3. The van der Waals surface area contributed by atoms with Crippen LogP contribution in [0.4, 0.5) is 0 Å². The molecule has 0 atom stereocenters. The average Bonchev–Trinajstić information content (AvgIpc) is 2.52. The van der Waals surface area contributed by atoms with Gasteiger partial charge in [-0.05, 0) is 37.1 Å². The molecule has 0 fully saturated rings. The molecule has 0 bridgehead atoms. The van der Waals surface area contributed by atoms with E-state index in [1.165, 1.54) is 7.11 Å². The zero-order chi connectivity index (χ0) is 15.5. The number of rotatable bonds is 10. The van der Waals surface area contributed by atoms with Crippen LogP contribution >= 0.6 is 0 Å². The predicted molar refractivity (Wildman–Crippen MR) is 83.2 cm³/mol. The Morgan fingerprint density at radius 2 is 1.95 bits per heavy atom. The maximum absolute atomic E-state index is 11.3. The van der Waals surface area contributed by atoms with Crippen LogP contribution in [0.3, 0.4) is 0 Å². The van der Waals surface area contributed by atoms with Gasteiger partial charge in [0.25, 0.3) is 0 Å². The van der Waals surface area contributed by atoms with Crippen molar-refractivity contribution in [3.8, 4) is 5.75 Å². The smallest absolute Gasteiger partial charge is 0.319 e. The number of hydrogen-bond donors (Lipinski definition) is 1. The van der Waals surface area contributed by atoms with Gasteiger partial charge in [0, 0.05) is 13.1 Å². The Morgan fingerprint density at radius 3 is 2.52 bits per heavy atom. The van der Waals surface area contributed by atoms with E-state index in [1.807, 2.05) is 24.3 Å². The molecule has 0 amide bonds. The van der Waals surface area contributed by atoms with Crippen molar-refractivity contribution < 1.29 is 14.3 Å². The number of hydrogen-bond acceptors (Lipinski definition) is 5. The van der Waals surface area contributed by atoms with E-state index in [2.05, 4.69) is 11.8 Å². The van der Waals surface area contributed by atoms with Crippen LogP contribution in [-0.4, -0.2) is 44.2 Å². The third kappa shape index (κ3) is 7.11. The van der Waals surface area contributed by atoms with Gasteiger partial charge in [0.05, 0.1) is 20.3 Å². The summed E-state index contributed by atoms with van der Waals surface area (Å²) in [5.41, 5.74) is 6.64. The lowest BCUT2D eigenvalue weighted by molar-refractivity contribution is -0.141. The first-order valence-electron chi connectivity index (χ1n) is 7.40. The largest absolute Gasteiger partial charge is 0.494 e. The minimum absolute atomic E-state index is 0.193. The van der Waals surface area contributed by atoms with Crippen LogP contribution in [0.5, 0.6) is 5.75 Å². The van der Waals surface area contributed by atoms with Crippen LogP contribution in [0.25, 0.3) is 0 Å². The molecule has 2 N–H and O–H groups in total. The first-order chi connectivity index (χ1) is 10.2. The van der Waals surface area contributed by atoms with Crippen molar-refractivity contribution in [3.05, 3.63) is 29.8 Å². The molecule has 0 aliphatic rings. The topological polar surface area (TPSA) is 64.8 Å². The standard InChI is InChI=1S/C16H26N2O3/c1-3-9-18(13-16(19)20-2)10-4-11-21-15-7-5-14(12-17)6-8-15/h5-8H,3-4,9-13,17H2,1-2H3. The Hall–Kier alpha value is -1.59. The Morgan fingerprint density at radius 1 is 1.24 bits per heavy atom. The van der Waals surface area contributed by atoms with Crippen LogP contribution in [0.1, 0.15) is 25.3 Å². The fourth-order valence-electron chi connectivity index (χ4n) is 2.03. The van der Waals surface area contributed by atoms with Gasteiger partial charge in [0.1, 0.15) is 5.75 Å². The molecule has 0 heterocycles. The molecule has 5 nitrogen and oxygen atoms in total. The predicted octanol–water partition coefficient (Wildman–Crippen LogP) is 1.80. The molecule has 0 saturated heterocycles. The Bertz CT molecular complexity index is 406. The summed E-state index contributed by atoms with van der Waals surface area (Å²) < 4.78 is 10.4. The van der Waals surface area contributed by atoms with Crippen LogP contribution in [0.2, 0.25) is 0 Å². The van der Waals surface area contributed by atoms with Gasteiger partial charge in [-0.2, -0.15) is 0 Å². The highest BCUT2D eigenvalue weighted by Gasteiger charge is 2.09. The number of carbonyl (C=O) groups is 1. The van der Waals surface area contributed by atoms with E-state index in [1.54, 1.807) is 0 Å². The van der Waals surface area contributed by atoms with Crippen LogP contribution < -0.4 is 10.5 Å². The van der Waals surface area contributed by atoms with Gasteiger partial charge < -0.3 is 15.2 Å². The van der Waals surface area contributed by atoms with Gasteiger partial charge >= 0.3 is 5.97 Å².